The number of carbonyl (C=O) groups is 1. The summed E-state index contributed by atoms with van der Waals surface area (Å²) in [5.41, 5.74) is 4.41. The highest BCUT2D eigenvalue weighted by Crippen LogP contribution is 2.44. The first-order valence-corrected chi connectivity index (χ1v) is 13.6. The van der Waals surface area contributed by atoms with Crippen LogP contribution in [0.1, 0.15) is 75.7 Å². The van der Waals surface area contributed by atoms with Crippen LogP contribution in [0.3, 0.4) is 0 Å². The Morgan fingerprint density at radius 1 is 1.03 bits per heavy atom. The molecule has 1 aromatic carbocycles. The maximum atomic E-state index is 12.5. The molecule has 6 nitrogen and oxygen atoms in total. The van der Waals surface area contributed by atoms with Gasteiger partial charge in [0.25, 0.3) is 0 Å². The summed E-state index contributed by atoms with van der Waals surface area (Å²) in [4.78, 5) is 17.4. The number of nitrogens with zero attached hydrogens (tertiary/aromatic N) is 3. The summed E-state index contributed by atoms with van der Waals surface area (Å²) >= 11 is 3.61. The van der Waals surface area contributed by atoms with Gasteiger partial charge in [0.1, 0.15) is 5.82 Å². The van der Waals surface area contributed by atoms with E-state index in [9.17, 15) is 4.79 Å². The fourth-order valence-corrected chi connectivity index (χ4v) is 5.39. The lowest BCUT2D eigenvalue weighted by atomic mass is 9.99. The molecule has 2 saturated carbocycles. The molecule has 34 heavy (non-hydrogen) atoms. The number of anilines is 1. The van der Waals surface area contributed by atoms with E-state index < -0.39 is 0 Å². The third-order valence-electron chi connectivity index (χ3n) is 7.12. The molecular weight excluding hydrogens is 490 g/mol. The second-order valence-electron chi connectivity index (χ2n) is 9.73. The smallest absolute Gasteiger partial charge is 0.223 e. The molecule has 0 radical (unpaired) electrons. The van der Waals surface area contributed by atoms with Crippen LogP contribution in [-0.4, -0.2) is 33.6 Å². The Morgan fingerprint density at radius 3 is 2.59 bits per heavy atom. The highest BCUT2D eigenvalue weighted by Gasteiger charge is 2.27. The molecule has 5 rings (SSSR count). The molecule has 0 bridgehead atoms. The molecular formula is C27H34BrN5O. The maximum absolute atomic E-state index is 12.5. The number of halogens is 1. The van der Waals surface area contributed by atoms with E-state index >= 15 is 0 Å². The molecule has 3 aromatic rings. The van der Waals surface area contributed by atoms with Crippen LogP contribution in [0.15, 0.2) is 41.0 Å². The zero-order chi connectivity index (χ0) is 23.3. The van der Waals surface area contributed by atoms with Gasteiger partial charge in [-0.25, -0.2) is 4.98 Å². The zero-order valence-corrected chi connectivity index (χ0v) is 21.3. The summed E-state index contributed by atoms with van der Waals surface area (Å²) < 4.78 is 2.75. The SMILES string of the molecule is O=C(NCCCCNc1cc(-c2ccccc2C2CC2)nc2c(Br)cnn12)C1CCCCCC1. The molecule has 0 aliphatic heterocycles. The van der Waals surface area contributed by atoms with Gasteiger partial charge in [0, 0.05) is 30.6 Å². The predicted molar refractivity (Wildman–Crippen MR) is 140 cm³/mol. The monoisotopic (exact) mass is 523 g/mol. The number of benzene rings is 1. The Labute approximate surface area is 210 Å². The molecule has 2 N–H and O–H groups in total. The number of rotatable bonds is 9. The molecule has 2 aliphatic rings. The summed E-state index contributed by atoms with van der Waals surface area (Å²) in [5.74, 6) is 2.08. The second-order valence-corrected chi connectivity index (χ2v) is 10.6. The highest BCUT2D eigenvalue weighted by molar-refractivity contribution is 9.10. The van der Waals surface area contributed by atoms with E-state index in [0.717, 1.165) is 60.4 Å². The van der Waals surface area contributed by atoms with Gasteiger partial charge in [-0.05, 0) is 65.9 Å². The molecule has 2 fully saturated rings. The molecule has 1 amide bonds. The van der Waals surface area contributed by atoms with E-state index in [2.05, 4.69) is 62.0 Å². The first-order chi connectivity index (χ1) is 16.7. The first kappa shape index (κ1) is 23.3. The zero-order valence-electron chi connectivity index (χ0n) is 19.7. The van der Waals surface area contributed by atoms with Crippen molar-refractivity contribution in [3.63, 3.8) is 0 Å². The van der Waals surface area contributed by atoms with Crippen LogP contribution < -0.4 is 10.6 Å². The van der Waals surface area contributed by atoms with Gasteiger partial charge in [0.2, 0.25) is 5.91 Å². The summed E-state index contributed by atoms with van der Waals surface area (Å²) in [6, 6.07) is 10.7. The van der Waals surface area contributed by atoms with Gasteiger partial charge in [-0.3, -0.25) is 4.79 Å². The maximum Gasteiger partial charge on any atom is 0.223 e. The summed E-state index contributed by atoms with van der Waals surface area (Å²) in [7, 11) is 0. The van der Waals surface area contributed by atoms with Crippen LogP contribution >= 0.6 is 15.9 Å². The lowest BCUT2D eigenvalue weighted by Gasteiger charge is -2.15. The molecule has 0 spiro atoms. The van der Waals surface area contributed by atoms with Crippen molar-refractivity contribution in [2.24, 2.45) is 5.92 Å². The van der Waals surface area contributed by atoms with Gasteiger partial charge < -0.3 is 10.6 Å². The molecule has 2 aromatic heterocycles. The summed E-state index contributed by atoms with van der Waals surface area (Å²) in [6.07, 6.45) is 13.3. The highest BCUT2D eigenvalue weighted by atomic mass is 79.9. The number of carbonyl (C=O) groups excluding carboxylic acids is 1. The number of aromatic nitrogens is 3. The van der Waals surface area contributed by atoms with E-state index in [-0.39, 0.29) is 11.8 Å². The average molecular weight is 525 g/mol. The topological polar surface area (TPSA) is 71.3 Å². The Kier molecular flexibility index (Phi) is 7.48. The van der Waals surface area contributed by atoms with Crippen LogP contribution in [0.25, 0.3) is 16.9 Å². The van der Waals surface area contributed by atoms with E-state index in [1.807, 2.05) is 4.52 Å². The van der Waals surface area contributed by atoms with Crippen molar-refractivity contribution in [2.45, 2.75) is 70.1 Å². The van der Waals surface area contributed by atoms with E-state index in [0.29, 0.717) is 5.92 Å². The van der Waals surface area contributed by atoms with Gasteiger partial charge >= 0.3 is 0 Å². The largest absolute Gasteiger partial charge is 0.370 e. The number of hydrogen-bond donors (Lipinski definition) is 2. The lowest BCUT2D eigenvalue weighted by molar-refractivity contribution is -0.125. The molecule has 0 atom stereocenters. The number of unbranched alkanes of at least 4 members (excludes halogenated alkanes) is 1. The van der Waals surface area contributed by atoms with Crippen molar-refractivity contribution < 1.29 is 4.79 Å². The average Bonchev–Trinajstić information content (AvgIpc) is 3.68. The van der Waals surface area contributed by atoms with E-state index in [4.69, 9.17) is 4.98 Å². The van der Waals surface area contributed by atoms with Gasteiger partial charge in [-0.1, -0.05) is 49.9 Å². The van der Waals surface area contributed by atoms with E-state index in [1.165, 1.54) is 49.7 Å². The Bertz CT molecular complexity index is 1130. The predicted octanol–water partition coefficient (Wildman–Crippen LogP) is 6.31. The fraction of sp³-hybridized carbons (Fsp3) is 0.519. The molecule has 2 heterocycles. The van der Waals surface area contributed by atoms with Crippen molar-refractivity contribution >= 4 is 33.3 Å². The number of fused-ring (bicyclic) bond motifs is 1. The molecule has 0 saturated heterocycles. The lowest BCUT2D eigenvalue weighted by Crippen LogP contribution is -2.31. The first-order valence-electron chi connectivity index (χ1n) is 12.9. The van der Waals surface area contributed by atoms with Gasteiger partial charge in [0.15, 0.2) is 5.65 Å². The minimum Gasteiger partial charge on any atom is -0.370 e. The van der Waals surface area contributed by atoms with Crippen molar-refractivity contribution in [3.8, 4) is 11.3 Å². The van der Waals surface area contributed by atoms with Crippen molar-refractivity contribution in [1.82, 2.24) is 19.9 Å². The Balaban J connectivity index is 1.20. The van der Waals surface area contributed by atoms with Crippen molar-refractivity contribution in [2.75, 3.05) is 18.4 Å². The molecule has 180 valence electrons. The minimum atomic E-state index is 0.223. The van der Waals surface area contributed by atoms with Crippen LogP contribution in [0.4, 0.5) is 5.82 Å². The third-order valence-corrected chi connectivity index (χ3v) is 7.68. The van der Waals surface area contributed by atoms with Gasteiger partial charge in [0.05, 0.1) is 16.4 Å². The number of amides is 1. The molecule has 0 unspecified atom stereocenters. The van der Waals surface area contributed by atoms with Gasteiger partial charge in [-0.15, -0.1) is 0 Å². The Hall–Kier alpha value is -2.41. The Morgan fingerprint density at radius 2 is 1.79 bits per heavy atom. The van der Waals surface area contributed by atoms with Gasteiger partial charge in [-0.2, -0.15) is 9.61 Å². The van der Waals surface area contributed by atoms with Crippen molar-refractivity contribution in [1.29, 1.82) is 0 Å². The normalized spacial score (nSPS) is 17.0. The third kappa shape index (κ3) is 5.45. The summed E-state index contributed by atoms with van der Waals surface area (Å²) in [5, 5.41) is 11.2. The minimum absolute atomic E-state index is 0.223. The molecule has 7 heteroatoms. The second kappa shape index (κ2) is 10.9. The van der Waals surface area contributed by atoms with Crippen LogP contribution in [0, 0.1) is 5.92 Å². The molecule has 2 aliphatic carbocycles. The fourth-order valence-electron chi connectivity index (χ4n) is 5.04. The quantitative estimate of drug-likeness (QED) is 0.254. The van der Waals surface area contributed by atoms with Crippen LogP contribution in [0.2, 0.25) is 0 Å². The number of hydrogen-bond acceptors (Lipinski definition) is 4. The van der Waals surface area contributed by atoms with Crippen LogP contribution in [0.5, 0.6) is 0 Å². The number of nitrogens with one attached hydrogen (secondary N) is 2. The standard InChI is InChI=1S/C27H34BrN5O/c28-23-18-31-33-25(29-15-7-8-16-30-27(34)20-9-3-1-2-4-10-20)17-24(32-26(23)33)22-12-6-5-11-21(22)19-13-14-19/h5-6,11-12,17-20,29H,1-4,7-10,13-16H2,(H,30,34). The van der Waals surface area contributed by atoms with Crippen LogP contribution in [-0.2, 0) is 4.79 Å². The summed E-state index contributed by atoms with van der Waals surface area (Å²) in [6.45, 7) is 1.57. The van der Waals surface area contributed by atoms with Crippen molar-refractivity contribution in [3.05, 3.63) is 46.6 Å². The van der Waals surface area contributed by atoms with E-state index in [1.54, 1.807) is 6.20 Å².